The summed E-state index contributed by atoms with van der Waals surface area (Å²) in [5, 5.41) is 20.6. The van der Waals surface area contributed by atoms with Gasteiger partial charge >= 0.3 is 0 Å². The summed E-state index contributed by atoms with van der Waals surface area (Å²) in [4.78, 5) is 0. The third-order valence-electron chi connectivity index (χ3n) is 2.84. The van der Waals surface area contributed by atoms with Gasteiger partial charge in [-0.05, 0) is 18.2 Å². The Kier molecular flexibility index (Phi) is 2.64. The SMILES string of the molecule is O/N=C1/c2ccc(Cl)cc2OCC1n1cnnc1. The lowest BCUT2D eigenvalue weighted by Crippen LogP contribution is -2.30. The molecule has 2 aromatic rings. The topological polar surface area (TPSA) is 72.5 Å². The van der Waals surface area contributed by atoms with Gasteiger partial charge in [-0.2, -0.15) is 0 Å². The van der Waals surface area contributed by atoms with Gasteiger partial charge in [-0.25, -0.2) is 0 Å². The lowest BCUT2D eigenvalue weighted by molar-refractivity contribution is 0.261. The highest BCUT2D eigenvalue weighted by Gasteiger charge is 2.29. The van der Waals surface area contributed by atoms with E-state index in [2.05, 4.69) is 15.4 Å². The van der Waals surface area contributed by atoms with E-state index in [0.29, 0.717) is 28.7 Å². The maximum Gasteiger partial charge on any atom is 0.130 e. The van der Waals surface area contributed by atoms with E-state index in [4.69, 9.17) is 16.3 Å². The zero-order valence-electron chi connectivity index (χ0n) is 9.19. The summed E-state index contributed by atoms with van der Waals surface area (Å²) < 4.78 is 7.35. The van der Waals surface area contributed by atoms with Gasteiger partial charge in [0, 0.05) is 10.6 Å². The molecular weight excluding hydrogens is 256 g/mol. The van der Waals surface area contributed by atoms with E-state index in [1.54, 1.807) is 35.4 Å². The molecule has 1 aliphatic heterocycles. The number of rotatable bonds is 1. The first-order valence-electron chi connectivity index (χ1n) is 5.28. The zero-order valence-corrected chi connectivity index (χ0v) is 9.95. The van der Waals surface area contributed by atoms with Gasteiger partial charge in [-0.3, -0.25) is 0 Å². The van der Waals surface area contributed by atoms with Crippen molar-refractivity contribution in [3.05, 3.63) is 41.4 Å². The van der Waals surface area contributed by atoms with E-state index >= 15 is 0 Å². The van der Waals surface area contributed by atoms with E-state index in [9.17, 15) is 5.21 Å². The van der Waals surface area contributed by atoms with Gasteiger partial charge in [0.25, 0.3) is 0 Å². The Morgan fingerprint density at radius 1 is 1.39 bits per heavy atom. The molecule has 2 heterocycles. The Labute approximate surface area is 107 Å². The van der Waals surface area contributed by atoms with Crippen LogP contribution in [0, 0.1) is 0 Å². The van der Waals surface area contributed by atoms with Gasteiger partial charge in [-0.1, -0.05) is 16.8 Å². The second-order valence-electron chi connectivity index (χ2n) is 3.86. The molecule has 92 valence electrons. The van der Waals surface area contributed by atoms with Crippen LogP contribution in [-0.2, 0) is 0 Å². The van der Waals surface area contributed by atoms with Crippen LogP contribution in [-0.4, -0.2) is 32.3 Å². The molecule has 1 aromatic heterocycles. The molecule has 0 saturated carbocycles. The van der Waals surface area contributed by atoms with Gasteiger partial charge in [0.05, 0.1) is 0 Å². The average Bonchev–Trinajstić information content (AvgIpc) is 2.90. The van der Waals surface area contributed by atoms with Crippen LogP contribution in [0.25, 0.3) is 0 Å². The molecule has 0 amide bonds. The minimum absolute atomic E-state index is 0.251. The summed E-state index contributed by atoms with van der Waals surface area (Å²) in [6.45, 7) is 0.338. The largest absolute Gasteiger partial charge is 0.490 e. The zero-order chi connectivity index (χ0) is 12.5. The Morgan fingerprint density at radius 3 is 2.89 bits per heavy atom. The predicted molar refractivity (Wildman–Crippen MR) is 64.3 cm³/mol. The van der Waals surface area contributed by atoms with Crippen LogP contribution in [0.4, 0.5) is 0 Å². The van der Waals surface area contributed by atoms with Crippen molar-refractivity contribution < 1.29 is 9.94 Å². The van der Waals surface area contributed by atoms with Crippen molar-refractivity contribution in [2.45, 2.75) is 6.04 Å². The molecule has 1 aliphatic rings. The van der Waals surface area contributed by atoms with Crippen LogP contribution in [0.1, 0.15) is 11.6 Å². The number of oxime groups is 1. The Morgan fingerprint density at radius 2 is 2.17 bits per heavy atom. The van der Waals surface area contributed by atoms with Crippen molar-refractivity contribution in [3.8, 4) is 5.75 Å². The molecule has 6 nitrogen and oxygen atoms in total. The summed E-state index contributed by atoms with van der Waals surface area (Å²) >= 11 is 5.90. The van der Waals surface area contributed by atoms with Crippen molar-refractivity contribution in [1.29, 1.82) is 0 Å². The van der Waals surface area contributed by atoms with Crippen molar-refractivity contribution in [1.82, 2.24) is 14.8 Å². The van der Waals surface area contributed by atoms with Crippen LogP contribution in [0.15, 0.2) is 36.0 Å². The van der Waals surface area contributed by atoms with E-state index < -0.39 is 0 Å². The molecule has 0 saturated heterocycles. The molecule has 1 aromatic carbocycles. The van der Waals surface area contributed by atoms with Crippen molar-refractivity contribution in [2.75, 3.05) is 6.61 Å². The fraction of sp³-hybridized carbons (Fsp3) is 0.182. The summed E-state index contributed by atoms with van der Waals surface area (Å²) in [5.41, 5.74) is 1.22. The monoisotopic (exact) mass is 264 g/mol. The number of aromatic nitrogens is 3. The molecule has 3 rings (SSSR count). The third kappa shape index (κ3) is 1.70. The molecule has 0 fully saturated rings. The number of hydrogen-bond acceptors (Lipinski definition) is 5. The van der Waals surface area contributed by atoms with Crippen molar-refractivity contribution in [3.63, 3.8) is 0 Å². The Balaban J connectivity index is 2.07. The van der Waals surface area contributed by atoms with E-state index in [0.717, 1.165) is 0 Å². The minimum atomic E-state index is -0.251. The highest BCUT2D eigenvalue weighted by molar-refractivity contribution is 6.31. The summed E-state index contributed by atoms with van der Waals surface area (Å²) in [6, 6.07) is 4.94. The number of hydrogen-bond donors (Lipinski definition) is 1. The molecular formula is C11H9ClN4O2. The fourth-order valence-corrected chi connectivity index (χ4v) is 2.13. The molecule has 18 heavy (non-hydrogen) atoms. The standard InChI is InChI=1S/C11H9ClN4O2/c12-7-1-2-8-10(3-7)18-4-9(11(8)15-17)16-5-13-14-6-16/h1-3,5-6,9,17H,4H2/b15-11-. The third-order valence-corrected chi connectivity index (χ3v) is 3.07. The summed E-state index contributed by atoms with van der Waals surface area (Å²) in [7, 11) is 0. The Bertz CT molecular complexity index is 597. The lowest BCUT2D eigenvalue weighted by Gasteiger charge is -2.26. The number of fused-ring (bicyclic) bond motifs is 1. The molecule has 1 N–H and O–H groups in total. The van der Waals surface area contributed by atoms with Crippen LogP contribution >= 0.6 is 11.6 Å². The number of halogens is 1. The predicted octanol–water partition coefficient (Wildman–Crippen LogP) is 1.74. The summed E-state index contributed by atoms with van der Waals surface area (Å²) in [6.07, 6.45) is 3.11. The highest BCUT2D eigenvalue weighted by Crippen LogP contribution is 2.32. The second-order valence-corrected chi connectivity index (χ2v) is 4.30. The maximum absolute atomic E-state index is 9.22. The molecule has 0 bridgehead atoms. The fourth-order valence-electron chi connectivity index (χ4n) is 1.97. The first kappa shape index (κ1) is 11.0. The van der Waals surface area contributed by atoms with Crippen LogP contribution < -0.4 is 4.74 Å². The van der Waals surface area contributed by atoms with Gasteiger partial charge in [-0.15, -0.1) is 10.2 Å². The first-order chi connectivity index (χ1) is 8.79. The van der Waals surface area contributed by atoms with Crippen LogP contribution in [0.2, 0.25) is 5.02 Å². The van der Waals surface area contributed by atoms with Crippen molar-refractivity contribution >= 4 is 17.3 Å². The highest BCUT2D eigenvalue weighted by atomic mass is 35.5. The van der Waals surface area contributed by atoms with Crippen molar-refractivity contribution in [2.24, 2.45) is 5.16 Å². The first-order valence-corrected chi connectivity index (χ1v) is 5.66. The number of benzene rings is 1. The minimum Gasteiger partial charge on any atom is -0.490 e. The second kappa shape index (κ2) is 4.30. The Hall–Kier alpha value is -2.08. The normalized spacial score (nSPS) is 20.5. The van der Waals surface area contributed by atoms with Crippen LogP contribution in [0.3, 0.4) is 0 Å². The van der Waals surface area contributed by atoms with E-state index in [1.165, 1.54) is 0 Å². The van der Waals surface area contributed by atoms with Crippen LogP contribution in [0.5, 0.6) is 5.75 Å². The molecule has 0 aliphatic carbocycles. The van der Waals surface area contributed by atoms with Gasteiger partial charge < -0.3 is 14.5 Å². The molecule has 0 spiro atoms. The van der Waals surface area contributed by atoms with Gasteiger partial charge in [0.2, 0.25) is 0 Å². The summed E-state index contributed by atoms with van der Waals surface area (Å²) in [5.74, 6) is 0.611. The number of nitrogens with zero attached hydrogens (tertiary/aromatic N) is 4. The van der Waals surface area contributed by atoms with Gasteiger partial charge in [0.1, 0.15) is 36.8 Å². The van der Waals surface area contributed by atoms with E-state index in [-0.39, 0.29) is 6.04 Å². The quantitative estimate of drug-likeness (QED) is 0.629. The average molecular weight is 265 g/mol. The molecule has 0 radical (unpaired) electrons. The van der Waals surface area contributed by atoms with Gasteiger partial charge in [0.15, 0.2) is 0 Å². The van der Waals surface area contributed by atoms with E-state index in [1.807, 2.05) is 0 Å². The number of ether oxygens (including phenoxy) is 1. The molecule has 7 heteroatoms. The molecule has 1 atom stereocenters. The molecule has 1 unspecified atom stereocenters. The lowest BCUT2D eigenvalue weighted by atomic mass is 10.00. The maximum atomic E-state index is 9.22. The smallest absolute Gasteiger partial charge is 0.130 e.